The van der Waals surface area contributed by atoms with E-state index in [-0.39, 0.29) is 0 Å². The van der Waals surface area contributed by atoms with Crippen LogP contribution in [0.4, 0.5) is 0 Å². The van der Waals surface area contributed by atoms with E-state index in [9.17, 15) is 0 Å². The average Bonchev–Trinajstić information content (AvgIpc) is 1.90. The van der Waals surface area contributed by atoms with Gasteiger partial charge in [-0.25, -0.2) is 18.4 Å². The van der Waals surface area contributed by atoms with Gasteiger partial charge in [-0.05, 0) is 6.07 Å². The minimum Gasteiger partial charge on any atom is -0.245 e. The summed E-state index contributed by atoms with van der Waals surface area (Å²) in [7, 11) is -2.12. The Kier molecular flexibility index (Phi) is 5.56. The third-order valence-corrected chi connectivity index (χ3v) is 0.478. The topological polar surface area (TPSA) is 59.9 Å². The van der Waals surface area contributed by atoms with E-state index in [0.29, 0.717) is 0 Å². The van der Waals surface area contributed by atoms with Crippen molar-refractivity contribution in [3.63, 3.8) is 0 Å². The van der Waals surface area contributed by atoms with Crippen molar-refractivity contribution >= 4 is 10.7 Å². The van der Waals surface area contributed by atoms with Crippen molar-refractivity contribution in [3.8, 4) is 0 Å². The van der Waals surface area contributed by atoms with E-state index < -0.39 is 10.7 Å². The van der Waals surface area contributed by atoms with Crippen molar-refractivity contribution in [3.05, 3.63) is 24.8 Å². The van der Waals surface area contributed by atoms with Crippen molar-refractivity contribution in [1.82, 2.24) is 9.97 Å². The van der Waals surface area contributed by atoms with Crippen LogP contribution < -0.4 is 0 Å². The van der Waals surface area contributed by atoms with Crippen LogP contribution in [0.25, 0.3) is 0 Å². The molecule has 0 aliphatic heterocycles. The quantitative estimate of drug-likeness (QED) is 0.529. The normalized spacial score (nSPS) is 8.20. The van der Waals surface area contributed by atoms with Crippen LogP contribution in [-0.4, -0.2) is 24.6 Å². The fourth-order valence-electron chi connectivity index (χ4n) is 0.253. The Labute approximate surface area is 60.9 Å². The minimum atomic E-state index is -2.12. The van der Waals surface area contributed by atoms with Gasteiger partial charge in [0.25, 0.3) is 0 Å². The third kappa shape index (κ3) is 10.1. The van der Waals surface area contributed by atoms with E-state index in [1.54, 1.807) is 18.5 Å². The highest BCUT2D eigenvalue weighted by atomic mass is 32.2. The van der Waals surface area contributed by atoms with E-state index >= 15 is 0 Å². The molecule has 1 aromatic heterocycles. The van der Waals surface area contributed by atoms with Gasteiger partial charge in [0.15, 0.2) is 0 Å². The van der Waals surface area contributed by atoms with Crippen molar-refractivity contribution in [2.75, 3.05) is 6.26 Å². The Morgan fingerprint density at radius 3 is 1.70 bits per heavy atom. The molecule has 0 radical (unpaired) electrons. The molecular formula is C5H8N2O2S. The lowest BCUT2D eigenvalue weighted by molar-refractivity contribution is 0.619. The fraction of sp³-hybridized carbons (Fsp3) is 0.200. The van der Waals surface area contributed by atoms with Gasteiger partial charge >= 0.3 is 0 Å². The average molecular weight is 160 g/mol. The molecule has 1 heterocycles. The van der Waals surface area contributed by atoms with E-state index in [1.807, 2.05) is 0 Å². The second-order valence-electron chi connectivity index (χ2n) is 1.34. The summed E-state index contributed by atoms with van der Waals surface area (Å²) < 4.78 is 18.1. The van der Waals surface area contributed by atoms with Crippen LogP contribution in [0, 0.1) is 0 Å². The number of thiol groups is 1. The summed E-state index contributed by atoms with van der Waals surface area (Å²) in [6, 6.07) is 1.78. The summed E-state index contributed by atoms with van der Waals surface area (Å²) in [6.45, 7) is 0. The van der Waals surface area contributed by atoms with Gasteiger partial charge < -0.3 is 0 Å². The molecule has 4 nitrogen and oxygen atoms in total. The van der Waals surface area contributed by atoms with Gasteiger partial charge in [0.05, 0.1) is 0 Å². The largest absolute Gasteiger partial charge is 0.245 e. The lowest BCUT2D eigenvalue weighted by Crippen LogP contribution is -1.66. The first-order valence-corrected chi connectivity index (χ1v) is 4.14. The summed E-state index contributed by atoms with van der Waals surface area (Å²) in [5, 5.41) is 0. The molecule has 0 unspecified atom stereocenters. The van der Waals surface area contributed by atoms with Gasteiger partial charge in [0.1, 0.15) is 17.0 Å². The lowest BCUT2D eigenvalue weighted by atomic mass is 10.7. The SMILES string of the molecule is C[SH](=O)=O.c1cncnc1. The lowest BCUT2D eigenvalue weighted by Gasteiger charge is -1.70. The van der Waals surface area contributed by atoms with Crippen molar-refractivity contribution in [1.29, 1.82) is 0 Å². The molecule has 0 amide bonds. The highest BCUT2D eigenvalue weighted by Gasteiger charge is 1.59. The summed E-state index contributed by atoms with van der Waals surface area (Å²) >= 11 is 0. The maximum Gasteiger partial charge on any atom is 0.137 e. The molecule has 0 atom stereocenters. The van der Waals surface area contributed by atoms with Gasteiger partial charge in [-0.2, -0.15) is 0 Å². The standard InChI is InChI=1S/C4H4N2.CH4O2S/c1-2-5-4-6-3-1;1-4(2)3/h1-4H;4H,1H3. The van der Waals surface area contributed by atoms with Crippen LogP contribution in [0.3, 0.4) is 0 Å². The predicted molar refractivity (Wildman–Crippen MR) is 38.3 cm³/mol. The monoisotopic (exact) mass is 160 g/mol. The minimum absolute atomic E-state index is 1.12. The van der Waals surface area contributed by atoms with Gasteiger partial charge in [0.2, 0.25) is 0 Å². The Bertz CT molecular complexity index is 188. The Morgan fingerprint density at radius 2 is 1.60 bits per heavy atom. The molecule has 0 bridgehead atoms. The predicted octanol–water partition coefficient (Wildman–Crippen LogP) is -0.296. The van der Waals surface area contributed by atoms with Crippen molar-refractivity contribution in [2.45, 2.75) is 0 Å². The number of hydrogen-bond donors (Lipinski definition) is 1. The summed E-state index contributed by atoms with van der Waals surface area (Å²) in [5.41, 5.74) is 0. The molecule has 0 spiro atoms. The fourth-order valence-corrected chi connectivity index (χ4v) is 0.253. The second-order valence-corrected chi connectivity index (χ2v) is 2.22. The van der Waals surface area contributed by atoms with Crippen LogP contribution in [0.1, 0.15) is 0 Å². The zero-order valence-corrected chi connectivity index (χ0v) is 6.36. The van der Waals surface area contributed by atoms with Gasteiger partial charge in [0, 0.05) is 18.6 Å². The molecule has 0 aliphatic rings. The van der Waals surface area contributed by atoms with E-state index in [4.69, 9.17) is 8.42 Å². The summed E-state index contributed by atoms with van der Waals surface area (Å²) in [6.07, 6.45) is 6.00. The molecule has 1 aromatic rings. The van der Waals surface area contributed by atoms with Crippen LogP contribution in [0.5, 0.6) is 0 Å². The van der Waals surface area contributed by atoms with E-state index in [2.05, 4.69) is 9.97 Å². The molecule has 5 heteroatoms. The zero-order chi connectivity index (χ0) is 7.82. The van der Waals surface area contributed by atoms with Crippen LogP contribution in [0.15, 0.2) is 24.8 Å². The molecule has 1 rings (SSSR count). The molecule has 0 saturated carbocycles. The molecule has 56 valence electrons. The maximum atomic E-state index is 9.04. The zero-order valence-electron chi connectivity index (χ0n) is 5.47. The molecule has 0 saturated heterocycles. The first kappa shape index (κ1) is 9.03. The molecule has 0 fully saturated rings. The highest BCUT2D eigenvalue weighted by Crippen LogP contribution is 1.66. The van der Waals surface area contributed by atoms with Crippen LogP contribution >= 0.6 is 0 Å². The van der Waals surface area contributed by atoms with Crippen molar-refractivity contribution < 1.29 is 8.42 Å². The smallest absolute Gasteiger partial charge is 0.137 e. The summed E-state index contributed by atoms with van der Waals surface area (Å²) in [4.78, 5) is 7.35. The van der Waals surface area contributed by atoms with Crippen LogP contribution in [0.2, 0.25) is 0 Å². The second kappa shape index (κ2) is 6.15. The maximum absolute atomic E-state index is 9.04. The summed E-state index contributed by atoms with van der Waals surface area (Å²) in [5.74, 6) is 0. The van der Waals surface area contributed by atoms with Crippen molar-refractivity contribution in [2.24, 2.45) is 0 Å². The highest BCUT2D eigenvalue weighted by molar-refractivity contribution is 7.71. The molecule has 10 heavy (non-hydrogen) atoms. The van der Waals surface area contributed by atoms with E-state index in [1.165, 1.54) is 6.33 Å². The molecule has 0 aliphatic carbocycles. The number of hydrogen-bond acceptors (Lipinski definition) is 4. The molecule has 0 N–H and O–H groups in total. The van der Waals surface area contributed by atoms with E-state index in [0.717, 1.165) is 6.26 Å². The van der Waals surface area contributed by atoms with Crippen LogP contribution in [-0.2, 0) is 10.7 Å². The van der Waals surface area contributed by atoms with Gasteiger partial charge in [-0.3, -0.25) is 0 Å². The first-order valence-electron chi connectivity index (χ1n) is 2.51. The molecular weight excluding hydrogens is 152 g/mol. The number of nitrogens with zero attached hydrogens (tertiary/aromatic N) is 2. The van der Waals surface area contributed by atoms with Gasteiger partial charge in [-0.1, -0.05) is 0 Å². The molecule has 0 aromatic carbocycles. The first-order chi connectivity index (χ1) is 4.73. The Balaban J connectivity index is 0.000000180. The Morgan fingerprint density at radius 1 is 1.20 bits per heavy atom. The number of rotatable bonds is 0. The third-order valence-electron chi connectivity index (χ3n) is 0.478. The van der Waals surface area contributed by atoms with Gasteiger partial charge in [-0.15, -0.1) is 0 Å². The Hall–Kier alpha value is -0.970. The number of aromatic nitrogens is 2.